The fourth-order valence-electron chi connectivity index (χ4n) is 1.72. The Morgan fingerprint density at radius 1 is 1.41 bits per heavy atom. The third-order valence-electron chi connectivity index (χ3n) is 2.69. The highest BCUT2D eigenvalue weighted by Gasteiger charge is 2.16. The van der Waals surface area contributed by atoms with Gasteiger partial charge in [0.15, 0.2) is 0 Å². The van der Waals surface area contributed by atoms with Crippen LogP contribution in [0.3, 0.4) is 0 Å². The third-order valence-corrected chi connectivity index (χ3v) is 2.69. The Morgan fingerprint density at radius 2 is 2.06 bits per heavy atom. The van der Waals surface area contributed by atoms with Crippen LogP contribution in [0.25, 0.3) is 0 Å². The first-order valence-corrected chi connectivity index (χ1v) is 5.92. The Balaban J connectivity index is 2.13. The number of urea groups is 1. The van der Waals surface area contributed by atoms with Crippen LogP contribution in [-0.2, 0) is 9.53 Å². The molecule has 98 valence electrons. The molecular weight excluding hydrogens is 224 g/mol. The number of ether oxygens (including phenoxy) is 1. The van der Waals surface area contributed by atoms with Gasteiger partial charge in [0.25, 0.3) is 0 Å². The summed E-state index contributed by atoms with van der Waals surface area (Å²) in [7, 11) is 0. The lowest BCUT2D eigenvalue weighted by atomic mass is 10.1. The lowest BCUT2D eigenvalue weighted by Gasteiger charge is -2.23. The first-order chi connectivity index (χ1) is 8.08. The molecule has 1 saturated heterocycles. The highest BCUT2D eigenvalue weighted by atomic mass is 16.5. The van der Waals surface area contributed by atoms with Crippen LogP contribution in [0.5, 0.6) is 0 Å². The van der Waals surface area contributed by atoms with Gasteiger partial charge in [0.1, 0.15) is 0 Å². The average Bonchev–Trinajstić information content (AvgIpc) is 2.27. The summed E-state index contributed by atoms with van der Waals surface area (Å²) in [6.07, 6.45) is 1.73. The van der Waals surface area contributed by atoms with Gasteiger partial charge in [0, 0.05) is 32.2 Å². The van der Waals surface area contributed by atoms with Gasteiger partial charge >= 0.3 is 12.0 Å². The minimum Gasteiger partial charge on any atom is -0.481 e. The van der Waals surface area contributed by atoms with E-state index in [9.17, 15) is 9.59 Å². The number of amides is 2. The van der Waals surface area contributed by atoms with Crippen LogP contribution in [0.1, 0.15) is 26.2 Å². The smallest absolute Gasteiger partial charge is 0.315 e. The van der Waals surface area contributed by atoms with E-state index >= 15 is 0 Å². The highest BCUT2D eigenvalue weighted by molar-refractivity contribution is 5.74. The number of rotatable bonds is 5. The molecule has 0 spiro atoms. The summed E-state index contributed by atoms with van der Waals surface area (Å²) in [6, 6.07) is -0.0623. The zero-order chi connectivity index (χ0) is 12.7. The quantitative estimate of drug-likeness (QED) is 0.660. The second-order valence-electron chi connectivity index (χ2n) is 4.44. The maximum atomic E-state index is 11.5. The number of carbonyl (C=O) groups excluding carboxylic acids is 1. The molecule has 1 unspecified atom stereocenters. The van der Waals surface area contributed by atoms with Gasteiger partial charge in [0.2, 0.25) is 0 Å². The second-order valence-corrected chi connectivity index (χ2v) is 4.44. The summed E-state index contributed by atoms with van der Waals surface area (Å²) < 4.78 is 5.19. The summed E-state index contributed by atoms with van der Waals surface area (Å²) in [5.41, 5.74) is 0. The molecule has 0 bridgehead atoms. The molecule has 0 radical (unpaired) electrons. The zero-order valence-electron chi connectivity index (χ0n) is 10.1. The zero-order valence-corrected chi connectivity index (χ0v) is 10.1. The van der Waals surface area contributed by atoms with Crippen molar-refractivity contribution in [2.75, 3.05) is 19.8 Å². The van der Waals surface area contributed by atoms with Gasteiger partial charge in [-0.1, -0.05) is 6.92 Å². The van der Waals surface area contributed by atoms with Crippen molar-refractivity contribution in [1.29, 1.82) is 0 Å². The fourth-order valence-corrected chi connectivity index (χ4v) is 1.72. The van der Waals surface area contributed by atoms with Crippen molar-refractivity contribution in [2.24, 2.45) is 5.92 Å². The highest BCUT2D eigenvalue weighted by Crippen LogP contribution is 2.05. The van der Waals surface area contributed by atoms with Gasteiger partial charge in [0.05, 0.1) is 0 Å². The lowest BCUT2D eigenvalue weighted by Crippen LogP contribution is -2.45. The fraction of sp³-hybridized carbons (Fsp3) is 0.818. The van der Waals surface area contributed by atoms with Crippen LogP contribution in [-0.4, -0.2) is 42.9 Å². The Bertz CT molecular complexity index is 264. The summed E-state index contributed by atoms with van der Waals surface area (Å²) in [6.45, 7) is 3.53. The SMILES string of the molecule is CC(CNC(=O)NC1CCOCC1)CC(=O)O. The van der Waals surface area contributed by atoms with Crippen molar-refractivity contribution < 1.29 is 19.4 Å². The second kappa shape index (κ2) is 7.11. The van der Waals surface area contributed by atoms with Crippen LogP contribution in [0.4, 0.5) is 4.79 Å². The molecule has 6 nitrogen and oxygen atoms in total. The van der Waals surface area contributed by atoms with Crippen molar-refractivity contribution in [2.45, 2.75) is 32.2 Å². The van der Waals surface area contributed by atoms with Crippen LogP contribution < -0.4 is 10.6 Å². The van der Waals surface area contributed by atoms with Crippen LogP contribution >= 0.6 is 0 Å². The number of carboxylic acids is 1. The van der Waals surface area contributed by atoms with Crippen molar-refractivity contribution in [3.05, 3.63) is 0 Å². The molecule has 2 amide bonds. The topological polar surface area (TPSA) is 87.7 Å². The summed E-state index contributed by atoms with van der Waals surface area (Å²) in [4.78, 5) is 21.9. The maximum absolute atomic E-state index is 11.5. The van der Waals surface area contributed by atoms with Crippen molar-refractivity contribution >= 4 is 12.0 Å². The van der Waals surface area contributed by atoms with E-state index in [2.05, 4.69) is 10.6 Å². The monoisotopic (exact) mass is 244 g/mol. The maximum Gasteiger partial charge on any atom is 0.315 e. The van der Waals surface area contributed by atoms with Crippen molar-refractivity contribution in [1.82, 2.24) is 10.6 Å². The van der Waals surface area contributed by atoms with Gasteiger partial charge in [-0.05, 0) is 18.8 Å². The largest absolute Gasteiger partial charge is 0.481 e. The number of carboxylic acid groups (broad SMARTS) is 1. The minimum absolute atomic E-state index is 0.0621. The van der Waals surface area contributed by atoms with Gasteiger partial charge < -0.3 is 20.5 Å². The van der Waals surface area contributed by atoms with Crippen LogP contribution in [0.2, 0.25) is 0 Å². The molecule has 1 heterocycles. The van der Waals surface area contributed by atoms with Gasteiger partial charge in [-0.25, -0.2) is 4.79 Å². The molecule has 0 aromatic heterocycles. The molecule has 0 aliphatic carbocycles. The minimum atomic E-state index is -0.843. The first kappa shape index (κ1) is 13.8. The van der Waals surface area contributed by atoms with E-state index in [1.54, 1.807) is 6.92 Å². The predicted octanol–water partition coefficient (Wildman–Crippen LogP) is 0.575. The first-order valence-electron chi connectivity index (χ1n) is 5.92. The van der Waals surface area contributed by atoms with Crippen molar-refractivity contribution in [3.8, 4) is 0 Å². The van der Waals surface area contributed by atoms with E-state index in [0.717, 1.165) is 12.8 Å². The Morgan fingerprint density at radius 3 is 2.65 bits per heavy atom. The Kier molecular flexibility index (Phi) is 5.76. The number of hydrogen-bond donors (Lipinski definition) is 3. The summed E-state index contributed by atoms with van der Waals surface area (Å²) in [5, 5.41) is 14.1. The van der Waals surface area contributed by atoms with E-state index in [-0.39, 0.29) is 24.4 Å². The normalized spacial score (nSPS) is 18.4. The molecular formula is C11H20N2O4. The van der Waals surface area contributed by atoms with E-state index in [4.69, 9.17) is 9.84 Å². The molecule has 17 heavy (non-hydrogen) atoms. The summed E-state index contributed by atoms with van der Waals surface area (Å²) >= 11 is 0. The third kappa shape index (κ3) is 6.11. The standard InChI is InChI=1S/C11H20N2O4/c1-8(6-10(14)15)7-12-11(16)13-9-2-4-17-5-3-9/h8-9H,2-7H2,1H3,(H,14,15)(H2,12,13,16). The molecule has 0 aromatic carbocycles. The van der Waals surface area contributed by atoms with E-state index in [0.29, 0.717) is 19.8 Å². The molecule has 1 rings (SSSR count). The average molecular weight is 244 g/mol. The van der Waals surface area contributed by atoms with E-state index in [1.807, 2.05) is 0 Å². The number of aliphatic carboxylic acids is 1. The Labute approximate surface area is 101 Å². The van der Waals surface area contributed by atoms with Crippen LogP contribution in [0, 0.1) is 5.92 Å². The molecule has 6 heteroatoms. The molecule has 0 aromatic rings. The van der Waals surface area contributed by atoms with E-state index < -0.39 is 5.97 Å². The molecule has 1 fully saturated rings. The van der Waals surface area contributed by atoms with Gasteiger partial charge in [-0.2, -0.15) is 0 Å². The molecule has 0 saturated carbocycles. The number of hydrogen-bond acceptors (Lipinski definition) is 3. The molecule has 3 N–H and O–H groups in total. The van der Waals surface area contributed by atoms with Gasteiger partial charge in [-0.3, -0.25) is 4.79 Å². The number of nitrogens with one attached hydrogen (secondary N) is 2. The molecule has 1 aliphatic rings. The van der Waals surface area contributed by atoms with Crippen molar-refractivity contribution in [3.63, 3.8) is 0 Å². The number of carbonyl (C=O) groups is 2. The predicted molar refractivity (Wildman–Crippen MR) is 61.8 cm³/mol. The van der Waals surface area contributed by atoms with Crippen LogP contribution in [0.15, 0.2) is 0 Å². The molecule has 1 aliphatic heterocycles. The van der Waals surface area contributed by atoms with E-state index in [1.165, 1.54) is 0 Å². The summed E-state index contributed by atoms with van der Waals surface area (Å²) in [5.74, 6) is -0.905. The lowest BCUT2D eigenvalue weighted by molar-refractivity contribution is -0.137. The Hall–Kier alpha value is -1.30. The molecule has 1 atom stereocenters. The van der Waals surface area contributed by atoms with Gasteiger partial charge in [-0.15, -0.1) is 0 Å².